The predicted octanol–water partition coefficient (Wildman–Crippen LogP) is 5.80. The number of para-hydroxylation sites is 1. The van der Waals surface area contributed by atoms with Crippen LogP contribution < -0.4 is 9.47 Å². The number of thioether (sulfide) groups is 1. The Morgan fingerprint density at radius 1 is 1.03 bits per heavy atom. The molecule has 186 valence electrons. The van der Waals surface area contributed by atoms with Crippen molar-refractivity contribution in [2.45, 2.75) is 30.9 Å². The van der Waals surface area contributed by atoms with Crippen molar-refractivity contribution < 1.29 is 18.8 Å². The molecule has 0 aliphatic carbocycles. The third-order valence-corrected chi connectivity index (χ3v) is 6.48. The van der Waals surface area contributed by atoms with E-state index < -0.39 is 5.25 Å². The molecule has 1 heterocycles. The summed E-state index contributed by atoms with van der Waals surface area (Å²) in [6.07, 6.45) is 0. The van der Waals surface area contributed by atoms with E-state index in [0.29, 0.717) is 40.2 Å². The maximum absolute atomic E-state index is 13.5. The lowest BCUT2D eigenvalue weighted by atomic mass is 10.1. The summed E-state index contributed by atoms with van der Waals surface area (Å²) in [5, 5.41) is 20.0. The molecule has 10 heteroatoms. The molecule has 0 N–H and O–H groups in total. The van der Waals surface area contributed by atoms with Crippen LogP contribution in [0.1, 0.15) is 29.1 Å². The summed E-state index contributed by atoms with van der Waals surface area (Å²) in [5.74, 6) is 1.27. The van der Waals surface area contributed by atoms with E-state index in [1.54, 1.807) is 30.3 Å². The van der Waals surface area contributed by atoms with Crippen molar-refractivity contribution in [1.82, 2.24) is 14.8 Å². The second-order valence-corrected chi connectivity index (χ2v) is 9.05. The molecule has 1 atom stereocenters. The van der Waals surface area contributed by atoms with Gasteiger partial charge in [0.2, 0.25) is 6.54 Å². The van der Waals surface area contributed by atoms with Gasteiger partial charge in [0.25, 0.3) is 0 Å². The Morgan fingerprint density at radius 3 is 2.56 bits per heavy atom. The second-order valence-electron chi connectivity index (χ2n) is 7.88. The molecular weight excluding hydrogens is 483 g/mol. The van der Waals surface area contributed by atoms with Gasteiger partial charge in [0.15, 0.2) is 16.7 Å². The minimum absolute atomic E-state index is 0.156. The highest BCUT2D eigenvalue weighted by Crippen LogP contribution is 2.39. The van der Waals surface area contributed by atoms with Gasteiger partial charge in [-0.05, 0) is 61.4 Å². The SMILES string of the molecule is CCOc1cc([C@H](C[N+](=O)[O-])Sc2nnc(C)n2-c2ccccc2)ccc1OCc1cccc(F)c1. The first kappa shape index (κ1) is 25.2. The number of nitrogens with zero attached hydrogens (tertiary/aromatic N) is 4. The Morgan fingerprint density at radius 2 is 1.83 bits per heavy atom. The highest BCUT2D eigenvalue weighted by Gasteiger charge is 2.25. The quantitative estimate of drug-likeness (QED) is 0.144. The van der Waals surface area contributed by atoms with E-state index in [9.17, 15) is 14.5 Å². The van der Waals surface area contributed by atoms with E-state index in [2.05, 4.69) is 10.2 Å². The lowest BCUT2D eigenvalue weighted by Gasteiger charge is -2.17. The van der Waals surface area contributed by atoms with Crippen molar-refractivity contribution in [2.75, 3.05) is 13.2 Å². The molecule has 0 fully saturated rings. The van der Waals surface area contributed by atoms with Crippen molar-refractivity contribution in [3.63, 3.8) is 0 Å². The van der Waals surface area contributed by atoms with Crippen molar-refractivity contribution in [3.05, 3.63) is 106 Å². The second kappa shape index (κ2) is 11.7. The third-order valence-electron chi connectivity index (χ3n) is 5.29. The zero-order valence-corrected chi connectivity index (χ0v) is 20.7. The number of halogens is 1. The number of ether oxygens (including phenoxy) is 2. The Kier molecular flexibility index (Phi) is 8.17. The number of benzene rings is 3. The van der Waals surface area contributed by atoms with E-state index in [1.807, 2.05) is 48.7 Å². The molecule has 0 radical (unpaired) electrons. The molecule has 0 amide bonds. The summed E-state index contributed by atoms with van der Waals surface area (Å²) < 4.78 is 27.0. The molecule has 8 nitrogen and oxygen atoms in total. The fourth-order valence-corrected chi connectivity index (χ4v) is 4.83. The maximum Gasteiger partial charge on any atom is 0.220 e. The third kappa shape index (κ3) is 6.19. The number of hydrogen-bond donors (Lipinski definition) is 0. The fraction of sp³-hybridized carbons (Fsp3) is 0.231. The monoisotopic (exact) mass is 508 g/mol. The smallest absolute Gasteiger partial charge is 0.220 e. The van der Waals surface area contributed by atoms with Gasteiger partial charge in [0.1, 0.15) is 23.5 Å². The molecule has 4 rings (SSSR count). The highest BCUT2D eigenvalue weighted by molar-refractivity contribution is 7.99. The average Bonchev–Trinajstić information content (AvgIpc) is 3.23. The minimum atomic E-state index is -0.553. The summed E-state index contributed by atoms with van der Waals surface area (Å²) in [5.41, 5.74) is 2.25. The first-order valence-corrected chi connectivity index (χ1v) is 12.2. The lowest BCUT2D eigenvalue weighted by Crippen LogP contribution is -2.11. The Balaban J connectivity index is 1.62. The van der Waals surface area contributed by atoms with Gasteiger partial charge < -0.3 is 9.47 Å². The van der Waals surface area contributed by atoms with Gasteiger partial charge in [-0.2, -0.15) is 0 Å². The van der Waals surface area contributed by atoms with Crippen molar-refractivity contribution in [3.8, 4) is 17.2 Å². The Hall–Kier alpha value is -3.92. The van der Waals surface area contributed by atoms with Gasteiger partial charge in [-0.15, -0.1) is 10.2 Å². The summed E-state index contributed by atoms with van der Waals surface area (Å²) in [7, 11) is 0. The summed E-state index contributed by atoms with van der Waals surface area (Å²) in [6.45, 7) is 3.90. The zero-order valence-electron chi connectivity index (χ0n) is 19.8. The summed E-state index contributed by atoms with van der Waals surface area (Å²) in [4.78, 5) is 11.2. The first-order chi connectivity index (χ1) is 17.4. The van der Waals surface area contributed by atoms with E-state index in [4.69, 9.17) is 9.47 Å². The minimum Gasteiger partial charge on any atom is -0.490 e. The van der Waals surface area contributed by atoms with E-state index in [1.165, 1.54) is 23.9 Å². The van der Waals surface area contributed by atoms with Crippen LogP contribution in [-0.2, 0) is 6.61 Å². The molecule has 0 aliphatic rings. The van der Waals surface area contributed by atoms with Gasteiger partial charge in [-0.25, -0.2) is 4.39 Å². The Labute approximate surface area is 212 Å². The van der Waals surface area contributed by atoms with Crippen LogP contribution >= 0.6 is 11.8 Å². The number of aromatic nitrogens is 3. The molecule has 0 saturated heterocycles. The summed E-state index contributed by atoms with van der Waals surface area (Å²) >= 11 is 1.27. The lowest BCUT2D eigenvalue weighted by molar-refractivity contribution is -0.479. The van der Waals surface area contributed by atoms with Crippen LogP contribution in [-0.4, -0.2) is 32.8 Å². The van der Waals surface area contributed by atoms with Gasteiger partial charge in [-0.1, -0.05) is 48.2 Å². The van der Waals surface area contributed by atoms with Crippen LogP contribution in [0.3, 0.4) is 0 Å². The van der Waals surface area contributed by atoms with Crippen molar-refractivity contribution in [1.29, 1.82) is 0 Å². The number of nitro groups is 1. The molecule has 36 heavy (non-hydrogen) atoms. The molecule has 1 aromatic heterocycles. The molecular formula is C26H25FN4O4S. The van der Waals surface area contributed by atoms with Crippen LogP contribution in [0.2, 0.25) is 0 Å². The van der Waals surface area contributed by atoms with Crippen LogP contribution in [0, 0.1) is 22.9 Å². The van der Waals surface area contributed by atoms with E-state index >= 15 is 0 Å². The summed E-state index contributed by atoms with van der Waals surface area (Å²) in [6, 6.07) is 21.0. The first-order valence-electron chi connectivity index (χ1n) is 11.3. The number of hydrogen-bond acceptors (Lipinski definition) is 7. The number of rotatable bonds is 11. The van der Waals surface area contributed by atoms with Crippen molar-refractivity contribution >= 4 is 11.8 Å². The maximum atomic E-state index is 13.5. The predicted molar refractivity (Wildman–Crippen MR) is 135 cm³/mol. The van der Waals surface area contributed by atoms with Crippen molar-refractivity contribution in [2.24, 2.45) is 0 Å². The Bertz CT molecular complexity index is 1330. The molecule has 4 aromatic rings. The molecule has 0 bridgehead atoms. The molecule has 0 unspecified atom stereocenters. The normalized spacial score (nSPS) is 11.8. The van der Waals surface area contributed by atoms with Crippen LogP contribution in [0.5, 0.6) is 11.5 Å². The van der Waals surface area contributed by atoms with Crippen LogP contribution in [0.25, 0.3) is 5.69 Å². The van der Waals surface area contributed by atoms with Gasteiger partial charge in [0.05, 0.1) is 6.61 Å². The molecule has 0 saturated carbocycles. The van der Waals surface area contributed by atoms with Gasteiger partial charge in [0, 0.05) is 10.6 Å². The average molecular weight is 509 g/mol. The number of aryl methyl sites for hydroxylation is 1. The van der Waals surface area contributed by atoms with Gasteiger partial charge >= 0.3 is 0 Å². The highest BCUT2D eigenvalue weighted by atomic mass is 32.2. The van der Waals surface area contributed by atoms with Crippen LogP contribution in [0.4, 0.5) is 4.39 Å². The molecule has 3 aromatic carbocycles. The van der Waals surface area contributed by atoms with Gasteiger partial charge in [-0.3, -0.25) is 14.7 Å². The van der Waals surface area contributed by atoms with E-state index in [-0.39, 0.29) is 23.9 Å². The van der Waals surface area contributed by atoms with Crippen LogP contribution in [0.15, 0.2) is 78.0 Å². The topological polar surface area (TPSA) is 92.3 Å². The standard InChI is InChI=1S/C26H25FN4O4S/c1-3-34-24-15-20(12-13-23(24)35-17-19-8-7-9-21(27)14-19)25(16-30(32)33)36-26-29-28-18(2)31(26)22-10-5-4-6-11-22/h4-15,25H,3,16-17H2,1-2H3/t25-/m0/s1. The molecule has 0 spiro atoms. The zero-order chi connectivity index (χ0) is 25.5. The molecule has 0 aliphatic heterocycles. The van der Waals surface area contributed by atoms with E-state index in [0.717, 1.165) is 5.69 Å². The fourth-order valence-electron chi connectivity index (χ4n) is 3.67. The largest absolute Gasteiger partial charge is 0.490 e.